The van der Waals surface area contributed by atoms with E-state index in [4.69, 9.17) is 5.11 Å². The molecule has 1 aromatic heterocycles. The first kappa shape index (κ1) is 12.8. The summed E-state index contributed by atoms with van der Waals surface area (Å²) in [5.41, 5.74) is 0.462. The summed E-state index contributed by atoms with van der Waals surface area (Å²) in [4.78, 5) is 30.7. The number of carboxylic acids is 1. The molecule has 1 saturated heterocycles. The molecule has 0 spiro atoms. The van der Waals surface area contributed by atoms with Gasteiger partial charge in [0.05, 0.1) is 5.69 Å². The Balaban J connectivity index is 2.20. The Morgan fingerprint density at radius 2 is 2.22 bits per heavy atom. The highest BCUT2D eigenvalue weighted by molar-refractivity contribution is 7.17. The number of rotatable bonds is 4. The van der Waals surface area contributed by atoms with Crippen LogP contribution in [0.4, 0.5) is 9.93 Å². The molecule has 2 rings (SSSR count). The van der Waals surface area contributed by atoms with Gasteiger partial charge in [-0.1, -0.05) is 18.3 Å². The van der Waals surface area contributed by atoms with Crippen molar-refractivity contribution in [3.63, 3.8) is 0 Å². The van der Waals surface area contributed by atoms with Crippen molar-refractivity contribution in [2.24, 2.45) is 0 Å². The van der Waals surface area contributed by atoms with E-state index in [9.17, 15) is 9.59 Å². The second-order valence-corrected chi connectivity index (χ2v) is 5.11. The molecule has 0 bridgehead atoms. The van der Waals surface area contributed by atoms with Gasteiger partial charge in [-0.25, -0.2) is 14.6 Å². The van der Waals surface area contributed by atoms with Gasteiger partial charge in [0.15, 0.2) is 5.13 Å². The highest BCUT2D eigenvalue weighted by Gasteiger charge is 2.31. The van der Waals surface area contributed by atoms with Crippen LogP contribution in [0.2, 0.25) is 0 Å². The normalized spacial score (nSPS) is 15.6. The number of carboxylic acid groups (broad SMARTS) is 1. The molecule has 0 unspecified atom stereocenters. The zero-order valence-corrected chi connectivity index (χ0v) is 11.2. The number of aryl methyl sites for hydroxylation is 1. The predicted octanol–water partition coefficient (Wildman–Crippen LogP) is 1.80. The molecular weight excluding hydrogens is 254 g/mol. The molecule has 2 amide bonds. The lowest BCUT2D eigenvalue weighted by Gasteiger charge is -2.15. The van der Waals surface area contributed by atoms with Crippen LogP contribution in [0.5, 0.6) is 0 Å². The van der Waals surface area contributed by atoms with Gasteiger partial charge in [-0.2, -0.15) is 0 Å². The van der Waals surface area contributed by atoms with Crippen molar-refractivity contribution >= 4 is 28.5 Å². The minimum absolute atomic E-state index is 0.0810. The number of amides is 2. The zero-order chi connectivity index (χ0) is 13.3. The number of aromatic carboxylic acids is 1. The quantitative estimate of drug-likeness (QED) is 0.904. The molecule has 0 atom stereocenters. The molecule has 1 aliphatic rings. The van der Waals surface area contributed by atoms with E-state index < -0.39 is 5.97 Å². The Labute approximate surface area is 109 Å². The topological polar surface area (TPSA) is 73.7 Å². The number of nitrogens with zero attached hydrogens (tertiary/aromatic N) is 3. The largest absolute Gasteiger partial charge is 0.477 e. The fourth-order valence-corrected chi connectivity index (χ4v) is 2.86. The van der Waals surface area contributed by atoms with Gasteiger partial charge >= 0.3 is 12.0 Å². The molecule has 1 N–H and O–H groups in total. The molecule has 1 fully saturated rings. The van der Waals surface area contributed by atoms with Crippen LogP contribution < -0.4 is 4.90 Å². The monoisotopic (exact) mass is 269 g/mol. The molecule has 18 heavy (non-hydrogen) atoms. The van der Waals surface area contributed by atoms with E-state index in [1.807, 2.05) is 6.92 Å². The second-order valence-electron chi connectivity index (χ2n) is 4.14. The van der Waals surface area contributed by atoms with Crippen molar-refractivity contribution in [1.29, 1.82) is 0 Å². The van der Waals surface area contributed by atoms with E-state index in [2.05, 4.69) is 4.98 Å². The Morgan fingerprint density at radius 1 is 1.50 bits per heavy atom. The van der Waals surface area contributed by atoms with Gasteiger partial charge in [-0.05, 0) is 13.3 Å². The third-order valence-corrected chi connectivity index (χ3v) is 3.97. The highest BCUT2D eigenvalue weighted by atomic mass is 32.1. The van der Waals surface area contributed by atoms with Gasteiger partial charge in [-0.3, -0.25) is 4.90 Å². The van der Waals surface area contributed by atoms with E-state index in [0.717, 1.165) is 24.3 Å². The van der Waals surface area contributed by atoms with E-state index >= 15 is 0 Å². The molecule has 0 aliphatic carbocycles. The van der Waals surface area contributed by atoms with Crippen LogP contribution in [-0.4, -0.2) is 46.6 Å². The average Bonchev–Trinajstić information content (AvgIpc) is 2.84. The Morgan fingerprint density at radius 3 is 2.78 bits per heavy atom. The van der Waals surface area contributed by atoms with Crippen LogP contribution in [-0.2, 0) is 0 Å². The molecule has 0 saturated carbocycles. The molecule has 6 nitrogen and oxygen atoms in total. The number of hydrogen-bond donors (Lipinski definition) is 1. The predicted molar refractivity (Wildman–Crippen MR) is 68.4 cm³/mol. The van der Waals surface area contributed by atoms with E-state index in [0.29, 0.717) is 23.9 Å². The second kappa shape index (κ2) is 4.93. The SMILES string of the molecule is CCCN1CCN(c2nc(C)c(C(=O)O)s2)C1=O. The summed E-state index contributed by atoms with van der Waals surface area (Å²) in [5, 5.41) is 9.46. The van der Waals surface area contributed by atoms with Crippen LogP contribution in [0.3, 0.4) is 0 Å². The first-order valence-corrected chi connectivity index (χ1v) is 6.63. The fourth-order valence-electron chi connectivity index (χ4n) is 1.93. The summed E-state index contributed by atoms with van der Waals surface area (Å²) in [7, 11) is 0. The van der Waals surface area contributed by atoms with Crippen molar-refractivity contribution < 1.29 is 14.7 Å². The van der Waals surface area contributed by atoms with Gasteiger partial charge in [0.25, 0.3) is 0 Å². The van der Waals surface area contributed by atoms with Crippen molar-refractivity contribution in [3.05, 3.63) is 10.6 Å². The number of anilines is 1. The van der Waals surface area contributed by atoms with Gasteiger partial charge in [0, 0.05) is 19.6 Å². The summed E-state index contributed by atoms with van der Waals surface area (Å²) >= 11 is 1.06. The molecule has 1 aliphatic heterocycles. The molecular formula is C11H15N3O3S. The number of carbonyl (C=O) groups excluding carboxylic acids is 1. The lowest BCUT2D eigenvalue weighted by atomic mass is 10.4. The summed E-state index contributed by atoms with van der Waals surface area (Å²) < 4.78 is 0. The van der Waals surface area contributed by atoms with E-state index in [-0.39, 0.29) is 10.9 Å². The highest BCUT2D eigenvalue weighted by Crippen LogP contribution is 2.28. The maximum atomic E-state index is 12.1. The van der Waals surface area contributed by atoms with Crippen LogP contribution in [0.15, 0.2) is 0 Å². The summed E-state index contributed by atoms with van der Waals surface area (Å²) in [6, 6.07) is -0.0810. The van der Waals surface area contributed by atoms with Crippen LogP contribution in [0, 0.1) is 6.92 Å². The van der Waals surface area contributed by atoms with Crippen molar-refractivity contribution in [3.8, 4) is 0 Å². The number of hydrogen-bond acceptors (Lipinski definition) is 4. The Kier molecular flexibility index (Phi) is 3.51. The van der Waals surface area contributed by atoms with E-state index in [1.165, 1.54) is 0 Å². The minimum atomic E-state index is -0.992. The van der Waals surface area contributed by atoms with Crippen molar-refractivity contribution in [1.82, 2.24) is 9.88 Å². The number of urea groups is 1. The average molecular weight is 269 g/mol. The van der Waals surface area contributed by atoms with Crippen LogP contribution >= 0.6 is 11.3 Å². The number of thiazole rings is 1. The molecule has 7 heteroatoms. The smallest absolute Gasteiger partial charge is 0.347 e. The number of aromatic nitrogens is 1. The summed E-state index contributed by atoms with van der Waals surface area (Å²) in [6.07, 6.45) is 0.914. The fraction of sp³-hybridized carbons (Fsp3) is 0.545. The lowest BCUT2D eigenvalue weighted by Crippen LogP contribution is -2.32. The van der Waals surface area contributed by atoms with Crippen molar-refractivity contribution in [2.45, 2.75) is 20.3 Å². The molecule has 0 aromatic carbocycles. The standard InChI is InChI=1S/C11H15N3O3S/c1-3-4-13-5-6-14(11(13)17)10-12-7(2)8(18-10)9(15)16/h3-6H2,1-2H3,(H,15,16). The third-order valence-electron chi connectivity index (χ3n) is 2.80. The maximum Gasteiger partial charge on any atom is 0.347 e. The van der Waals surface area contributed by atoms with Gasteiger partial charge < -0.3 is 10.0 Å². The number of carbonyl (C=O) groups is 2. The Hall–Kier alpha value is -1.63. The maximum absolute atomic E-state index is 12.1. The lowest BCUT2D eigenvalue weighted by molar-refractivity contribution is 0.0701. The summed E-state index contributed by atoms with van der Waals surface area (Å²) in [5.74, 6) is -0.992. The van der Waals surface area contributed by atoms with Gasteiger partial charge in [0.2, 0.25) is 0 Å². The van der Waals surface area contributed by atoms with Crippen molar-refractivity contribution in [2.75, 3.05) is 24.5 Å². The first-order valence-electron chi connectivity index (χ1n) is 5.81. The molecule has 2 heterocycles. The first-order chi connectivity index (χ1) is 8.54. The van der Waals surface area contributed by atoms with Crippen LogP contribution in [0.25, 0.3) is 0 Å². The van der Waals surface area contributed by atoms with Crippen LogP contribution in [0.1, 0.15) is 28.7 Å². The summed E-state index contributed by atoms with van der Waals surface area (Å²) in [6.45, 7) is 5.64. The van der Waals surface area contributed by atoms with E-state index in [1.54, 1.807) is 16.7 Å². The Bertz CT molecular complexity index is 486. The molecule has 1 aromatic rings. The molecule has 98 valence electrons. The minimum Gasteiger partial charge on any atom is -0.477 e. The van der Waals surface area contributed by atoms with Gasteiger partial charge in [-0.15, -0.1) is 0 Å². The van der Waals surface area contributed by atoms with Gasteiger partial charge in [0.1, 0.15) is 4.88 Å². The third kappa shape index (κ3) is 2.17. The molecule has 0 radical (unpaired) electrons. The zero-order valence-electron chi connectivity index (χ0n) is 10.3.